The minimum Gasteiger partial charge on any atom is -0.497 e. The van der Waals surface area contributed by atoms with Crippen molar-refractivity contribution in [2.45, 2.75) is 33.4 Å². The minimum atomic E-state index is -0.658. The van der Waals surface area contributed by atoms with Crippen LogP contribution in [0.4, 0.5) is 0 Å². The van der Waals surface area contributed by atoms with Crippen LogP contribution in [0.15, 0.2) is 40.9 Å². The highest BCUT2D eigenvalue weighted by molar-refractivity contribution is 5.80. The topological polar surface area (TPSA) is 86.9 Å². The Balaban J connectivity index is 1.68. The summed E-state index contributed by atoms with van der Waals surface area (Å²) in [6.07, 6.45) is -0.658. The van der Waals surface area contributed by atoms with Gasteiger partial charge in [0.15, 0.2) is 6.10 Å². The summed E-state index contributed by atoms with van der Waals surface area (Å²) < 4.78 is 21.8. The van der Waals surface area contributed by atoms with E-state index in [1.165, 1.54) is 4.90 Å². The number of carbonyl (C=O) groups is 1. The van der Waals surface area contributed by atoms with Crippen LogP contribution >= 0.6 is 0 Å². The zero-order valence-corrected chi connectivity index (χ0v) is 18.6. The molecule has 31 heavy (non-hydrogen) atoms. The van der Waals surface area contributed by atoms with E-state index in [0.29, 0.717) is 34.5 Å². The Bertz CT molecular complexity index is 1060. The summed E-state index contributed by atoms with van der Waals surface area (Å²) in [6.45, 7) is 5.86. The average molecular weight is 425 g/mol. The van der Waals surface area contributed by atoms with Crippen molar-refractivity contribution in [2.24, 2.45) is 0 Å². The quantitative estimate of drug-likeness (QED) is 0.542. The minimum absolute atomic E-state index is 0.158. The Hall–Kier alpha value is -3.55. The number of nitrogens with zero attached hydrogens (tertiary/aromatic N) is 3. The summed E-state index contributed by atoms with van der Waals surface area (Å²) in [5.74, 6) is 2.40. The van der Waals surface area contributed by atoms with E-state index in [4.69, 9.17) is 18.7 Å². The largest absolute Gasteiger partial charge is 0.497 e. The fraction of sp³-hybridized carbons (Fsp3) is 0.348. The van der Waals surface area contributed by atoms with Gasteiger partial charge in [-0.2, -0.15) is 4.98 Å². The lowest BCUT2D eigenvalue weighted by Gasteiger charge is -2.21. The van der Waals surface area contributed by atoms with Crippen LogP contribution in [0, 0.1) is 13.8 Å². The summed E-state index contributed by atoms with van der Waals surface area (Å²) in [5, 5.41) is 4.02. The van der Waals surface area contributed by atoms with Crippen molar-refractivity contribution < 1.29 is 23.5 Å². The van der Waals surface area contributed by atoms with Crippen molar-refractivity contribution in [2.75, 3.05) is 21.3 Å². The van der Waals surface area contributed by atoms with Gasteiger partial charge in [0.2, 0.25) is 11.7 Å². The molecule has 8 heteroatoms. The molecule has 3 rings (SSSR count). The van der Waals surface area contributed by atoms with Crippen molar-refractivity contribution in [3.63, 3.8) is 0 Å². The second-order valence-electron chi connectivity index (χ2n) is 7.23. The number of hydrogen-bond donors (Lipinski definition) is 0. The molecule has 8 nitrogen and oxygen atoms in total. The maximum Gasteiger partial charge on any atom is 0.263 e. The first-order valence-electron chi connectivity index (χ1n) is 9.86. The van der Waals surface area contributed by atoms with Crippen LogP contribution in [-0.4, -0.2) is 48.3 Å². The lowest BCUT2D eigenvalue weighted by atomic mass is 10.1. The van der Waals surface area contributed by atoms with Gasteiger partial charge in [0.25, 0.3) is 5.91 Å². The van der Waals surface area contributed by atoms with Gasteiger partial charge < -0.3 is 23.6 Å². The summed E-state index contributed by atoms with van der Waals surface area (Å²) in [7, 11) is 4.81. The van der Waals surface area contributed by atoms with E-state index in [1.807, 2.05) is 32.0 Å². The first kappa shape index (κ1) is 22.1. The third-order valence-corrected chi connectivity index (χ3v) is 5.07. The molecule has 0 N–H and O–H groups in total. The number of carbonyl (C=O) groups excluding carboxylic acids is 1. The Morgan fingerprint density at radius 3 is 2.61 bits per heavy atom. The molecule has 0 bridgehead atoms. The van der Waals surface area contributed by atoms with Gasteiger partial charge in [-0.05, 0) is 50.1 Å². The number of ether oxygens (including phenoxy) is 3. The van der Waals surface area contributed by atoms with Crippen molar-refractivity contribution in [1.82, 2.24) is 15.0 Å². The van der Waals surface area contributed by atoms with Crippen LogP contribution in [0.25, 0.3) is 11.4 Å². The maximum absolute atomic E-state index is 12.8. The van der Waals surface area contributed by atoms with Gasteiger partial charge in [-0.15, -0.1) is 0 Å². The molecular weight excluding hydrogens is 398 g/mol. The first-order valence-corrected chi connectivity index (χ1v) is 9.86. The number of aryl methyl sites for hydroxylation is 1. The van der Waals surface area contributed by atoms with Crippen LogP contribution < -0.4 is 14.2 Å². The molecule has 0 spiro atoms. The predicted molar refractivity (Wildman–Crippen MR) is 115 cm³/mol. The lowest BCUT2D eigenvalue weighted by Crippen LogP contribution is -2.37. The second-order valence-corrected chi connectivity index (χ2v) is 7.23. The normalized spacial score (nSPS) is 11.7. The number of benzene rings is 2. The van der Waals surface area contributed by atoms with Crippen LogP contribution in [0.3, 0.4) is 0 Å². The van der Waals surface area contributed by atoms with Gasteiger partial charge in [0, 0.05) is 13.1 Å². The predicted octanol–water partition coefficient (Wildman–Crippen LogP) is 3.80. The molecule has 0 aliphatic heterocycles. The molecule has 2 aromatic carbocycles. The molecule has 1 amide bonds. The number of amides is 1. The van der Waals surface area contributed by atoms with Gasteiger partial charge in [0.1, 0.15) is 17.2 Å². The Morgan fingerprint density at radius 2 is 1.90 bits per heavy atom. The van der Waals surface area contributed by atoms with Gasteiger partial charge >= 0.3 is 0 Å². The monoisotopic (exact) mass is 425 g/mol. The van der Waals surface area contributed by atoms with Crippen LogP contribution in [0.1, 0.15) is 23.9 Å². The molecular formula is C23H27N3O5. The number of methoxy groups -OCH3 is 2. The summed E-state index contributed by atoms with van der Waals surface area (Å²) in [4.78, 5) is 18.7. The Kier molecular flexibility index (Phi) is 6.79. The molecule has 1 aromatic heterocycles. The second kappa shape index (κ2) is 9.51. The van der Waals surface area contributed by atoms with E-state index in [-0.39, 0.29) is 12.5 Å². The Morgan fingerprint density at radius 1 is 1.13 bits per heavy atom. The van der Waals surface area contributed by atoms with Gasteiger partial charge in [-0.25, -0.2) is 0 Å². The van der Waals surface area contributed by atoms with Gasteiger partial charge in [0.05, 0.1) is 26.3 Å². The average Bonchev–Trinajstić information content (AvgIpc) is 3.23. The zero-order valence-electron chi connectivity index (χ0n) is 18.6. The molecule has 0 aliphatic rings. The smallest absolute Gasteiger partial charge is 0.263 e. The summed E-state index contributed by atoms with van der Waals surface area (Å²) in [5.41, 5.74) is 2.79. The van der Waals surface area contributed by atoms with E-state index >= 15 is 0 Å². The maximum atomic E-state index is 12.8. The Labute approximate surface area is 181 Å². The highest BCUT2D eigenvalue weighted by Crippen LogP contribution is 2.31. The zero-order chi connectivity index (χ0) is 22.5. The molecule has 0 fully saturated rings. The molecule has 1 atom stereocenters. The van der Waals surface area contributed by atoms with E-state index in [9.17, 15) is 4.79 Å². The van der Waals surface area contributed by atoms with Crippen LogP contribution in [0.5, 0.6) is 17.2 Å². The lowest BCUT2D eigenvalue weighted by molar-refractivity contribution is -0.137. The first-order chi connectivity index (χ1) is 14.8. The molecule has 0 aliphatic carbocycles. The summed E-state index contributed by atoms with van der Waals surface area (Å²) >= 11 is 0. The van der Waals surface area contributed by atoms with E-state index in [2.05, 4.69) is 10.1 Å². The van der Waals surface area contributed by atoms with Crippen molar-refractivity contribution in [1.29, 1.82) is 0 Å². The third-order valence-electron chi connectivity index (χ3n) is 5.07. The highest BCUT2D eigenvalue weighted by Gasteiger charge is 2.23. The van der Waals surface area contributed by atoms with E-state index in [1.54, 1.807) is 46.4 Å². The van der Waals surface area contributed by atoms with Crippen molar-refractivity contribution in [3.8, 4) is 28.6 Å². The molecule has 3 aromatic rings. The van der Waals surface area contributed by atoms with Crippen LogP contribution in [-0.2, 0) is 11.3 Å². The summed E-state index contributed by atoms with van der Waals surface area (Å²) in [6, 6.07) is 11.1. The fourth-order valence-corrected chi connectivity index (χ4v) is 3.10. The van der Waals surface area contributed by atoms with Gasteiger partial charge in [-0.1, -0.05) is 17.3 Å². The molecule has 164 valence electrons. The molecule has 0 saturated heterocycles. The fourth-order valence-electron chi connectivity index (χ4n) is 3.10. The number of likely N-dealkylation sites (N-methyl/N-ethyl adjacent to an activating group) is 1. The number of hydrogen-bond acceptors (Lipinski definition) is 7. The van der Waals surface area contributed by atoms with Crippen LogP contribution in [0.2, 0.25) is 0 Å². The SMILES string of the molecule is COc1ccc(-c2noc(CN(C)C(=O)[C@H](C)Oc3cccc(C)c3C)n2)c(OC)c1. The number of rotatable bonds is 8. The van der Waals surface area contributed by atoms with E-state index < -0.39 is 6.10 Å². The third kappa shape index (κ3) is 4.96. The molecule has 0 saturated carbocycles. The van der Waals surface area contributed by atoms with E-state index in [0.717, 1.165) is 11.1 Å². The highest BCUT2D eigenvalue weighted by atomic mass is 16.5. The van der Waals surface area contributed by atoms with Gasteiger partial charge in [-0.3, -0.25) is 4.79 Å². The molecule has 0 unspecified atom stereocenters. The molecule has 1 heterocycles. The molecule has 0 radical (unpaired) electrons. The van der Waals surface area contributed by atoms with Crippen molar-refractivity contribution >= 4 is 5.91 Å². The standard InChI is InChI=1S/C23H27N3O5/c1-14-8-7-9-19(15(14)2)30-16(3)23(27)26(4)13-21-24-22(25-31-21)18-11-10-17(28-5)12-20(18)29-6/h7-12,16H,13H2,1-6H3/t16-/m0/s1. The number of aromatic nitrogens is 2. The van der Waals surface area contributed by atoms with Crippen molar-refractivity contribution in [3.05, 3.63) is 53.4 Å².